The molecule has 0 aromatic heterocycles. The third-order valence-electron chi connectivity index (χ3n) is 5.55. The van der Waals surface area contributed by atoms with Crippen molar-refractivity contribution in [1.82, 2.24) is 4.90 Å². The van der Waals surface area contributed by atoms with Crippen molar-refractivity contribution < 1.29 is 38.0 Å². The average molecular weight is 594 g/mol. The zero-order valence-electron chi connectivity index (χ0n) is 21.9. The summed E-state index contributed by atoms with van der Waals surface area (Å²) in [5.41, 5.74) is 0.787. The van der Waals surface area contributed by atoms with Crippen molar-refractivity contribution in [1.29, 1.82) is 0 Å². The highest BCUT2D eigenvalue weighted by Crippen LogP contribution is 2.24. The van der Waals surface area contributed by atoms with Crippen molar-refractivity contribution in [3.8, 4) is 17.2 Å². The monoisotopic (exact) mass is 593 g/mol. The Bertz CT molecular complexity index is 1240. The predicted octanol–water partition coefficient (Wildman–Crippen LogP) is 6.51. The largest absolute Gasteiger partial charge is 0.493 e. The van der Waals surface area contributed by atoms with Crippen LogP contribution in [0.3, 0.4) is 0 Å². The summed E-state index contributed by atoms with van der Waals surface area (Å²) < 4.78 is 35.7. The van der Waals surface area contributed by atoms with Gasteiger partial charge in [0.2, 0.25) is 0 Å². The second-order valence-corrected chi connectivity index (χ2v) is 9.47. The molecule has 3 rings (SSSR count). The zero-order chi connectivity index (χ0) is 28.9. The maximum absolute atomic E-state index is 13.6. The van der Waals surface area contributed by atoms with Gasteiger partial charge in [0.15, 0.2) is 6.10 Å². The Morgan fingerprint density at radius 3 is 2.25 bits per heavy atom. The van der Waals surface area contributed by atoms with Gasteiger partial charge in [0.1, 0.15) is 29.7 Å². The van der Waals surface area contributed by atoms with Crippen LogP contribution >= 0.6 is 23.2 Å². The standard InChI is InChI=1S/C29H30Cl2FNO7/c1-2-37-27(28(34)35)15-20-7-9-24(10-8-20)39-14-12-33(29(36)40-25-6-3-5-23(32)19-25)11-4-13-38-26-17-21(30)16-22(31)18-26/h3,5-10,16-19,27H,2,4,11-15H2,1H3,(H,34,35). The summed E-state index contributed by atoms with van der Waals surface area (Å²) in [6.45, 7) is 2.94. The van der Waals surface area contributed by atoms with Crippen LogP contribution in [0, 0.1) is 5.82 Å². The minimum Gasteiger partial charge on any atom is -0.493 e. The number of benzene rings is 3. The topological polar surface area (TPSA) is 94.5 Å². The number of ether oxygens (including phenoxy) is 4. The van der Waals surface area contributed by atoms with Gasteiger partial charge in [-0.2, -0.15) is 0 Å². The molecule has 0 aliphatic carbocycles. The number of rotatable bonds is 15. The minimum atomic E-state index is -1.02. The summed E-state index contributed by atoms with van der Waals surface area (Å²) in [6.07, 6.45) is -0.894. The van der Waals surface area contributed by atoms with Crippen molar-refractivity contribution in [3.05, 3.63) is 88.2 Å². The van der Waals surface area contributed by atoms with Crippen LogP contribution in [-0.4, -0.2) is 61.1 Å². The molecule has 0 aliphatic rings. The van der Waals surface area contributed by atoms with E-state index in [4.69, 9.17) is 42.1 Å². The third kappa shape index (κ3) is 10.6. The summed E-state index contributed by atoms with van der Waals surface area (Å²) in [7, 11) is 0. The van der Waals surface area contributed by atoms with Gasteiger partial charge in [-0.3, -0.25) is 0 Å². The van der Waals surface area contributed by atoms with Gasteiger partial charge in [0.25, 0.3) is 0 Å². The van der Waals surface area contributed by atoms with Gasteiger partial charge >= 0.3 is 12.1 Å². The molecule has 8 nitrogen and oxygen atoms in total. The molecule has 214 valence electrons. The quantitative estimate of drug-likeness (QED) is 0.201. The lowest BCUT2D eigenvalue weighted by Gasteiger charge is -2.22. The van der Waals surface area contributed by atoms with Crippen LogP contribution in [0.25, 0.3) is 0 Å². The van der Waals surface area contributed by atoms with Crippen LogP contribution < -0.4 is 14.2 Å². The molecule has 11 heteroatoms. The summed E-state index contributed by atoms with van der Waals surface area (Å²) >= 11 is 12.0. The third-order valence-corrected chi connectivity index (χ3v) is 5.99. The molecule has 3 aromatic rings. The molecule has 0 radical (unpaired) electrons. The Kier molecular flexibility index (Phi) is 12.3. The van der Waals surface area contributed by atoms with E-state index in [0.29, 0.717) is 34.6 Å². The van der Waals surface area contributed by atoms with Gasteiger partial charge in [-0.15, -0.1) is 0 Å². The molecule has 1 atom stereocenters. The number of carbonyl (C=O) groups is 2. The minimum absolute atomic E-state index is 0.0862. The maximum Gasteiger partial charge on any atom is 0.415 e. The van der Waals surface area contributed by atoms with E-state index in [9.17, 15) is 19.1 Å². The Morgan fingerprint density at radius 1 is 0.900 bits per heavy atom. The molecule has 1 unspecified atom stereocenters. The number of nitrogens with zero attached hydrogens (tertiary/aromatic N) is 1. The van der Waals surface area contributed by atoms with E-state index >= 15 is 0 Å². The summed E-state index contributed by atoms with van der Waals surface area (Å²) in [4.78, 5) is 25.6. The molecule has 0 fully saturated rings. The van der Waals surface area contributed by atoms with E-state index in [-0.39, 0.29) is 38.5 Å². The lowest BCUT2D eigenvalue weighted by atomic mass is 10.1. The highest BCUT2D eigenvalue weighted by atomic mass is 35.5. The first-order valence-corrected chi connectivity index (χ1v) is 13.4. The molecule has 0 saturated carbocycles. The van der Waals surface area contributed by atoms with Crippen molar-refractivity contribution in [2.24, 2.45) is 0 Å². The van der Waals surface area contributed by atoms with Gasteiger partial charge in [-0.25, -0.2) is 14.0 Å². The van der Waals surface area contributed by atoms with E-state index in [2.05, 4.69) is 0 Å². The molecular formula is C29H30Cl2FNO7. The second kappa shape index (κ2) is 15.9. The number of hydrogen-bond donors (Lipinski definition) is 1. The van der Waals surface area contributed by atoms with E-state index < -0.39 is 24.0 Å². The first kappa shape index (κ1) is 31.0. The number of amides is 1. The van der Waals surface area contributed by atoms with Crippen LogP contribution in [0.5, 0.6) is 17.2 Å². The van der Waals surface area contributed by atoms with Crippen LogP contribution in [0.1, 0.15) is 18.9 Å². The van der Waals surface area contributed by atoms with Gasteiger partial charge in [-0.1, -0.05) is 41.4 Å². The van der Waals surface area contributed by atoms with E-state index in [1.165, 1.54) is 23.1 Å². The number of aliphatic carboxylic acids is 1. The Hall–Kier alpha value is -3.53. The predicted molar refractivity (Wildman–Crippen MR) is 149 cm³/mol. The molecule has 3 aromatic carbocycles. The summed E-state index contributed by atoms with van der Waals surface area (Å²) in [5, 5.41) is 10.2. The molecule has 1 amide bonds. The Labute approximate surface area is 242 Å². The van der Waals surface area contributed by atoms with E-state index in [0.717, 1.165) is 11.6 Å². The van der Waals surface area contributed by atoms with Crippen molar-refractivity contribution in [3.63, 3.8) is 0 Å². The molecule has 0 heterocycles. The highest BCUT2D eigenvalue weighted by molar-refractivity contribution is 6.34. The average Bonchev–Trinajstić information content (AvgIpc) is 2.90. The molecule has 40 heavy (non-hydrogen) atoms. The smallest absolute Gasteiger partial charge is 0.415 e. The van der Waals surface area contributed by atoms with Gasteiger partial charge in [-0.05, 0) is 61.4 Å². The molecule has 0 spiro atoms. The fourth-order valence-corrected chi connectivity index (χ4v) is 4.18. The maximum atomic E-state index is 13.6. The second-order valence-electron chi connectivity index (χ2n) is 8.60. The van der Waals surface area contributed by atoms with Gasteiger partial charge < -0.3 is 29.0 Å². The fourth-order valence-electron chi connectivity index (χ4n) is 3.68. The van der Waals surface area contributed by atoms with Crippen molar-refractivity contribution in [2.75, 3.05) is 32.9 Å². The van der Waals surface area contributed by atoms with Crippen molar-refractivity contribution in [2.45, 2.75) is 25.9 Å². The number of hydrogen-bond acceptors (Lipinski definition) is 6. The SMILES string of the molecule is CCOC(Cc1ccc(OCCN(CCCOc2cc(Cl)cc(Cl)c2)C(=O)Oc2cccc(F)c2)cc1)C(=O)O. The van der Waals surface area contributed by atoms with Crippen LogP contribution in [0.4, 0.5) is 9.18 Å². The van der Waals surface area contributed by atoms with Crippen LogP contribution in [0.15, 0.2) is 66.7 Å². The first-order chi connectivity index (χ1) is 19.2. The lowest BCUT2D eigenvalue weighted by Crippen LogP contribution is -2.38. The summed E-state index contributed by atoms with van der Waals surface area (Å²) in [5.74, 6) is -0.397. The van der Waals surface area contributed by atoms with Gasteiger partial charge in [0.05, 0.1) is 13.2 Å². The molecule has 1 N–H and O–H groups in total. The molecular weight excluding hydrogens is 564 g/mol. The lowest BCUT2D eigenvalue weighted by molar-refractivity contribution is -0.149. The Balaban J connectivity index is 1.55. The molecule has 0 saturated heterocycles. The summed E-state index contributed by atoms with van der Waals surface area (Å²) in [6, 6.07) is 17.2. The van der Waals surface area contributed by atoms with Gasteiger partial charge in [0, 0.05) is 35.7 Å². The number of carbonyl (C=O) groups excluding carboxylic acids is 1. The van der Waals surface area contributed by atoms with Crippen molar-refractivity contribution >= 4 is 35.3 Å². The number of carboxylic acid groups (broad SMARTS) is 1. The zero-order valence-corrected chi connectivity index (χ0v) is 23.4. The van der Waals surface area contributed by atoms with Crippen LogP contribution in [-0.2, 0) is 16.0 Å². The van der Waals surface area contributed by atoms with E-state index in [1.807, 2.05) is 0 Å². The number of halogens is 3. The first-order valence-electron chi connectivity index (χ1n) is 12.6. The Morgan fingerprint density at radius 2 is 1.60 bits per heavy atom. The molecule has 0 aliphatic heterocycles. The fraction of sp³-hybridized carbons (Fsp3) is 0.310. The number of carboxylic acids is 1. The highest BCUT2D eigenvalue weighted by Gasteiger charge is 2.19. The van der Waals surface area contributed by atoms with E-state index in [1.54, 1.807) is 49.4 Å². The normalized spacial score (nSPS) is 11.5. The van der Waals surface area contributed by atoms with Crippen LogP contribution in [0.2, 0.25) is 10.0 Å². The molecule has 0 bridgehead atoms.